The number of aromatic nitrogens is 1. The zero-order valence-corrected chi connectivity index (χ0v) is 17.6. The monoisotopic (exact) mass is 454 g/mol. The molecule has 1 rings (SSSR count). The molecular formula is C18H25F3N2O6S. The van der Waals surface area contributed by atoms with Gasteiger partial charge in [0.25, 0.3) is 5.56 Å². The highest BCUT2D eigenvalue weighted by Gasteiger charge is 2.41. The fraction of sp³-hybridized carbons (Fsp3) is 0.611. The number of amides is 1. The third-order valence-electron chi connectivity index (χ3n) is 3.81. The van der Waals surface area contributed by atoms with Gasteiger partial charge >= 0.3 is 18.2 Å². The quantitative estimate of drug-likeness (QED) is 0.592. The van der Waals surface area contributed by atoms with E-state index in [1.165, 1.54) is 12.1 Å². The minimum atomic E-state index is -4.72. The topological polar surface area (TPSA) is 115 Å². The Hall–Kier alpha value is -2.37. The number of alkyl carbamates (subject to hydrolysis) is 1. The minimum absolute atomic E-state index is 0.249. The first-order chi connectivity index (χ1) is 13.7. The van der Waals surface area contributed by atoms with Crippen LogP contribution in [0, 0.1) is 0 Å². The van der Waals surface area contributed by atoms with Gasteiger partial charge in [-0.3, -0.25) is 9.00 Å². The average Bonchev–Trinajstić information content (AvgIpc) is 2.57. The van der Waals surface area contributed by atoms with Crippen molar-refractivity contribution in [1.29, 1.82) is 0 Å². The first-order valence-electron chi connectivity index (χ1n) is 9.02. The third-order valence-corrected chi connectivity index (χ3v) is 5.19. The van der Waals surface area contributed by atoms with Crippen LogP contribution in [-0.4, -0.2) is 55.3 Å². The Kier molecular flexibility index (Phi) is 9.07. The molecule has 12 heteroatoms. The number of ether oxygens (including phenoxy) is 1. The summed E-state index contributed by atoms with van der Waals surface area (Å²) < 4.78 is 57.6. The molecule has 2 N–H and O–H groups in total. The first-order valence-corrected chi connectivity index (χ1v) is 10.5. The predicted octanol–water partition coefficient (Wildman–Crippen LogP) is 2.46. The average molecular weight is 454 g/mol. The highest BCUT2D eigenvalue weighted by molar-refractivity contribution is 7.84. The molecule has 170 valence electrons. The van der Waals surface area contributed by atoms with Crippen LogP contribution in [-0.2, 0) is 20.3 Å². The van der Waals surface area contributed by atoms with Gasteiger partial charge in [0, 0.05) is 34.6 Å². The van der Waals surface area contributed by atoms with E-state index < -0.39 is 64.5 Å². The van der Waals surface area contributed by atoms with E-state index in [9.17, 15) is 36.9 Å². The van der Waals surface area contributed by atoms with Crippen molar-refractivity contribution < 1.29 is 36.8 Å². The standard InChI is InChI=1S/C18H25F3N2O6S/c1-17(2,3)29-16(27)22-12(15(25)26)7-10-30(28)11-8-13(18(19,20)21)23-9-5-4-6-14(23)24/h4-6,9,12-13H,7-8,10-11H2,1-3H3,(H,22,27)(H,25,26). The second kappa shape index (κ2) is 10.6. The van der Waals surface area contributed by atoms with Crippen LogP contribution in [0.15, 0.2) is 29.2 Å². The molecule has 0 saturated heterocycles. The van der Waals surface area contributed by atoms with Crippen molar-refractivity contribution in [2.24, 2.45) is 0 Å². The van der Waals surface area contributed by atoms with Crippen molar-refractivity contribution in [1.82, 2.24) is 9.88 Å². The molecular weight excluding hydrogens is 429 g/mol. The number of nitrogens with one attached hydrogen (secondary N) is 1. The molecule has 0 saturated carbocycles. The van der Waals surface area contributed by atoms with Crippen molar-refractivity contribution >= 4 is 22.9 Å². The zero-order chi connectivity index (χ0) is 23.1. The summed E-state index contributed by atoms with van der Waals surface area (Å²) in [6.45, 7) is 4.77. The molecule has 3 atom stereocenters. The summed E-state index contributed by atoms with van der Waals surface area (Å²) in [4.78, 5) is 34.7. The Balaban J connectivity index is 2.68. The fourth-order valence-corrected chi connectivity index (χ4v) is 3.65. The Morgan fingerprint density at radius 1 is 1.20 bits per heavy atom. The van der Waals surface area contributed by atoms with Crippen molar-refractivity contribution in [2.45, 2.75) is 57.5 Å². The number of carbonyl (C=O) groups excluding carboxylic acids is 1. The van der Waals surface area contributed by atoms with Gasteiger partial charge in [-0.2, -0.15) is 13.2 Å². The van der Waals surface area contributed by atoms with Crippen LogP contribution in [0.5, 0.6) is 0 Å². The summed E-state index contributed by atoms with van der Waals surface area (Å²) in [6, 6.07) is 0.0461. The van der Waals surface area contributed by atoms with Crippen LogP contribution in [0.2, 0.25) is 0 Å². The number of halogens is 3. The number of aliphatic carboxylic acids is 1. The number of carboxylic acids is 1. The van der Waals surface area contributed by atoms with Gasteiger partial charge in [0.05, 0.1) is 0 Å². The largest absolute Gasteiger partial charge is 0.480 e. The Bertz CT molecular complexity index is 819. The van der Waals surface area contributed by atoms with Gasteiger partial charge in [-0.05, 0) is 39.7 Å². The van der Waals surface area contributed by atoms with Gasteiger partial charge in [0.15, 0.2) is 0 Å². The molecule has 0 spiro atoms. The van der Waals surface area contributed by atoms with Crippen LogP contribution in [0.25, 0.3) is 0 Å². The lowest BCUT2D eigenvalue weighted by molar-refractivity contribution is -0.168. The molecule has 0 bridgehead atoms. The summed E-state index contributed by atoms with van der Waals surface area (Å²) in [6.07, 6.45) is -5.56. The van der Waals surface area contributed by atoms with E-state index in [0.717, 1.165) is 12.3 Å². The third kappa shape index (κ3) is 8.97. The van der Waals surface area contributed by atoms with Crippen molar-refractivity contribution in [2.75, 3.05) is 11.5 Å². The number of carbonyl (C=O) groups is 2. The summed E-state index contributed by atoms with van der Waals surface area (Å²) in [7, 11) is -1.80. The van der Waals surface area contributed by atoms with Gasteiger partial charge in [-0.15, -0.1) is 0 Å². The van der Waals surface area contributed by atoms with E-state index in [4.69, 9.17) is 4.74 Å². The van der Waals surface area contributed by atoms with Crippen molar-refractivity contribution in [3.8, 4) is 0 Å². The van der Waals surface area contributed by atoms with E-state index >= 15 is 0 Å². The Morgan fingerprint density at radius 3 is 2.30 bits per heavy atom. The molecule has 1 amide bonds. The zero-order valence-electron chi connectivity index (χ0n) is 16.8. The maximum Gasteiger partial charge on any atom is 0.409 e. The van der Waals surface area contributed by atoms with E-state index in [1.807, 2.05) is 0 Å². The first kappa shape index (κ1) is 25.7. The molecule has 0 aliphatic heterocycles. The SMILES string of the molecule is CC(C)(C)OC(=O)NC(CCS(=O)CCC(n1ccccc1=O)C(F)(F)F)C(=O)O. The number of carboxylic acid groups (broad SMARTS) is 1. The summed E-state index contributed by atoms with van der Waals surface area (Å²) >= 11 is 0. The highest BCUT2D eigenvalue weighted by atomic mass is 32.2. The van der Waals surface area contributed by atoms with Crippen molar-refractivity contribution in [3.05, 3.63) is 34.7 Å². The van der Waals surface area contributed by atoms with E-state index in [-0.39, 0.29) is 12.2 Å². The lowest BCUT2D eigenvalue weighted by atomic mass is 10.2. The molecule has 0 radical (unpaired) electrons. The molecule has 0 fully saturated rings. The fourth-order valence-electron chi connectivity index (χ4n) is 2.46. The molecule has 8 nitrogen and oxygen atoms in total. The second-order valence-electron chi connectivity index (χ2n) is 7.47. The van der Waals surface area contributed by atoms with Crippen molar-refractivity contribution in [3.63, 3.8) is 0 Å². The number of alkyl halides is 3. The minimum Gasteiger partial charge on any atom is -0.480 e. The Labute approximate surface area is 173 Å². The highest BCUT2D eigenvalue weighted by Crippen LogP contribution is 2.32. The summed E-state index contributed by atoms with van der Waals surface area (Å²) in [5, 5.41) is 11.3. The van der Waals surface area contributed by atoms with E-state index in [0.29, 0.717) is 4.57 Å². The van der Waals surface area contributed by atoms with E-state index in [1.54, 1.807) is 20.8 Å². The van der Waals surface area contributed by atoms with Gasteiger partial charge in [-0.25, -0.2) is 9.59 Å². The van der Waals surface area contributed by atoms with Gasteiger partial charge in [0.2, 0.25) is 0 Å². The molecule has 30 heavy (non-hydrogen) atoms. The number of hydrogen-bond donors (Lipinski definition) is 2. The maximum absolute atomic E-state index is 13.3. The van der Waals surface area contributed by atoms with E-state index in [2.05, 4.69) is 5.32 Å². The number of hydrogen-bond acceptors (Lipinski definition) is 5. The second-order valence-corrected chi connectivity index (χ2v) is 9.16. The summed E-state index contributed by atoms with van der Waals surface area (Å²) in [5.74, 6) is -2.03. The number of pyridine rings is 1. The van der Waals surface area contributed by atoms with Gasteiger partial charge < -0.3 is 19.7 Å². The van der Waals surface area contributed by atoms with Crippen LogP contribution < -0.4 is 10.9 Å². The number of nitrogens with zero attached hydrogens (tertiary/aromatic N) is 1. The molecule has 3 unspecified atom stereocenters. The smallest absolute Gasteiger partial charge is 0.409 e. The molecule has 1 aromatic heterocycles. The normalized spacial score (nSPS) is 15.1. The van der Waals surface area contributed by atoms with Gasteiger partial charge in [0.1, 0.15) is 17.7 Å². The lowest BCUT2D eigenvalue weighted by Gasteiger charge is -2.23. The Morgan fingerprint density at radius 2 is 1.80 bits per heavy atom. The molecule has 0 aliphatic carbocycles. The van der Waals surface area contributed by atoms with Crippen LogP contribution in [0.1, 0.15) is 39.7 Å². The predicted molar refractivity (Wildman–Crippen MR) is 104 cm³/mol. The molecule has 0 aromatic carbocycles. The number of rotatable bonds is 9. The van der Waals surface area contributed by atoms with Crippen LogP contribution >= 0.6 is 0 Å². The molecule has 1 heterocycles. The van der Waals surface area contributed by atoms with Gasteiger partial charge in [-0.1, -0.05) is 6.07 Å². The van der Waals surface area contributed by atoms with Crippen LogP contribution in [0.4, 0.5) is 18.0 Å². The molecule has 1 aromatic rings. The maximum atomic E-state index is 13.3. The van der Waals surface area contributed by atoms with Crippen LogP contribution in [0.3, 0.4) is 0 Å². The molecule has 0 aliphatic rings. The summed E-state index contributed by atoms with van der Waals surface area (Å²) in [5.41, 5.74) is -1.68. The lowest BCUT2D eigenvalue weighted by Crippen LogP contribution is -2.44.